The molecule has 208 valence electrons. The largest absolute Gasteiger partial charge is 0.478 e. The van der Waals surface area contributed by atoms with Crippen LogP contribution in [0.1, 0.15) is 73.7 Å². The lowest BCUT2D eigenvalue weighted by molar-refractivity contribution is -0.504. The smallest absolute Gasteiger partial charge is 0.339 e. The summed E-state index contributed by atoms with van der Waals surface area (Å²) >= 11 is 0. The van der Waals surface area contributed by atoms with Crippen molar-refractivity contribution in [3.05, 3.63) is 87.0 Å². The quantitative estimate of drug-likeness (QED) is 0.288. The molecule has 0 amide bonds. The van der Waals surface area contributed by atoms with Gasteiger partial charge < -0.3 is 14.9 Å². The Bertz CT molecular complexity index is 2290. The topological polar surface area (TPSA) is 80.9 Å². The van der Waals surface area contributed by atoms with Crippen LogP contribution in [0.25, 0.3) is 5.57 Å². The van der Waals surface area contributed by atoms with Gasteiger partial charge in [0.2, 0.25) is 5.71 Å². The normalized spacial score (nSPS) is 40.2. The van der Waals surface area contributed by atoms with Crippen LogP contribution < -0.4 is 10.2 Å². The fourth-order valence-electron chi connectivity index (χ4n) is 4.82. The summed E-state index contributed by atoms with van der Waals surface area (Å²) in [4.78, 5) is 24.6. The highest BCUT2D eigenvalue weighted by Crippen LogP contribution is 2.60. The highest BCUT2D eigenvalue weighted by atomic mass is 31.2. The molecule has 2 aromatic rings. The molecule has 6 rings (SSSR count). The molecule has 3 heterocycles. The summed E-state index contributed by atoms with van der Waals surface area (Å²) in [7, 11) is -5.37. The van der Waals surface area contributed by atoms with Gasteiger partial charge in [0.1, 0.15) is 29.9 Å². The average Bonchev–Trinajstić information content (AvgIpc) is 3.17. The summed E-state index contributed by atoms with van der Waals surface area (Å²) in [5.41, 5.74) is -7.10. The first-order chi connectivity index (χ1) is 24.6. The van der Waals surface area contributed by atoms with Gasteiger partial charge in [-0.3, -0.25) is 4.57 Å². The number of hydrogen-bond donors (Lipinski definition) is 2. The van der Waals surface area contributed by atoms with Gasteiger partial charge in [0.15, 0.2) is 11.6 Å². The number of halogens is 3. The predicted molar refractivity (Wildman–Crippen MR) is 147 cm³/mol. The van der Waals surface area contributed by atoms with E-state index in [0.29, 0.717) is 12.1 Å². The lowest BCUT2D eigenvalue weighted by atomic mass is 9.85. The van der Waals surface area contributed by atoms with Crippen LogP contribution in [0.2, 0.25) is 0 Å². The van der Waals surface area contributed by atoms with Gasteiger partial charge in [-0.15, -0.1) is 0 Å². The van der Waals surface area contributed by atoms with Crippen LogP contribution in [0.5, 0.6) is 0 Å². The molecule has 0 spiro atoms. The van der Waals surface area contributed by atoms with Crippen molar-refractivity contribution in [3.8, 4) is 0 Å². The SMILES string of the molecule is [2H]C1([2H])N(c2ccc3c(c2)P(=O)(O)C2=CC(=[N+]4C([2H])([2H])C([2H])([2H])C([2H])([2H])C4([2H])[2H])C=CC2=C3c2c(F)c(C)c(F)c(F)c2C(=O)O)C([2H])([2H])C([2H])(C)C1([2H])[2H]. The number of rotatable bonds is 3. The molecule has 0 bridgehead atoms. The first-order valence-corrected chi connectivity index (χ1v) is 13.3. The summed E-state index contributed by atoms with van der Waals surface area (Å²) in [6, 6.07) is 2.41. The van der Waals surface area contributed by atoms with E-state index >= 15 is 8.78 Å². The van der Waals surface area contributed by atoms with Gasteiger partial charge in [-0.25, -0.2) is 22.5 Å². The molecule has 0 aromatic heterocycles. The fraction of sp³-hybridized carbons (Fsp3) is 0.333. The van der Waals surface area contributed by atoms with Crippen LogP contribution in [0.4, 0.5) is 18.9 Å². The van der Waals surface area contributed by atoms with Gasteiger partial charge >= 0.3 is 5.97 Å². The number of nitrogens with zero attached hydrogens (tertiary/aromatic N) is 2. The Hall–Kier alpha value is -3.42. The number of fused-ring (bicyclic) bond motifs is 2. The second kappa shape index (κ2) is 9.60. The third-order valence-electron chi connectivity index (χ3n) is 6.71. The molecule has 2 aromatic carbocycles. The molecular weight excluding hydrogens is 540 g/mol. The number of carboxylic acids is 1. The van der Waals surface area contributed by atoms with Gasteiger partial charge in [-0.05, 0) is 48.5 Å². The number of carboxylic acid groups (broad SMARTS) is 1. The zero-order chi connectivity index (χ0) is 42.0. The molecule has 10 heteroatoms. The number of aromatic carboxylic acids is 1. The molecule has 0 saturated carbocycles. The number of anilines is 1. The summed E-state index contributed by atoms with van der Waals surface area (Å²) in [5, 5.41) is 8.23. The fourth-order valence-corrected chi connectivity index (χ4v) is 6.72. The number of benzene rings is 2. The van der Waals surface area contributed by atoms with Crippen molar-refractivity contribution in [1.82, 2.24) is 0 Å². The Labute approximate surface area is 251 Å². The van der Waals surface area contributed by atoms with Gasteiger partial charge in [0.05, 0.1) is 10.6 Å². The Morgan fingerprint density at radius 2 is 1.90 bits per heavy atom. The molecule has 4 aliphatic rings. The zero-order valence-corrected chi connectivity index (χ0v) is 21.5. The third-order valence-corrected chi connectivity index (χ3v) is 8.75. The first-order valence-electron chi connectivity index (χ1n) is 19.1. The van der Waals surface area contributed by atoms with Crippen molar-refractivity contribution in [2.75, 3.05) is 30.9 Å². The summed E-state index contributed by atoms with van der Waals surface area (Å²) in [6.07, 6.45) is -8.15. The minimum atomic E-state index is -5.37. The maximum atomic E-state index is 16.2. The Morgan fingerprint density at radius 3 is 2.55 bits per heavy atom. The Morgan fingerprint density at radius 1 is 1.18 bits per heavy atom. The second-order valence-electron chi connectivity index (χ2n) is 9.09. The van der Waals surface area contributed by atoms with E-state index in [1.54, 1.807) is 0 Å². The monoisotopic (exact) mass is 584 g/mol. The number of carbonyl (C=O) groups is 1. The van der Waals surface area contributed by atoms with Crippen LogP contribution in [-0.2, 0) is 4.57 Å². The Kier molecular flexibility index (Phi) is 3.47. The number of allylic oxidation sites excluding steroid dienone is 5. The second-order valence-corrected chi connectivity index (χ2v) is 11.2. The standard InChI is InChI=1S/C30H28F3N2O4P/c1-16-9-12-35(15-16)19-6-8-21-23(14-19)40(38,39)22-13-18(34-10-3-4-11-34)5-7-20(22)24(21)25-26(30(36)37)29(33)28(32)17(2)27(25)31/h5-8,13-14,16H,3-4,9-12,15H2,1-2H3,(H-,36,37,38,39)/p+1/i3D2,4D2,9D2,10D2,11D2,12D2,15D2,16D. The van der Waals surface area contributed by atoms with Crippen LogP contribution in [0, 0.1) is 30.3 Å². The molecule has 2 N–H and O–H groups in total. The molecule has 2 atom stereocenters. The summed E-state index contributed by atoms with van der Waals surface area (Å²) < 4.78 is 187. The lowest BCUT2D eigenvalue weighted by Gasteiger charge is -2.32. The molecule has 6 nitrogen and oxygen atoms in total. The Balaban J connectivity index is 1.77. The zero-order valence-electron chi connectivity index (χ0n) is 35.7. The minimum Gasteiger partial charge on any atom is -0.478 e. The highest BCUT2D eigenvalue weighted by molar-refractivity contribution is 7.71. The van der Waals surface area contributed by atoms with E-state index in [4.69, 9.17) is 20.6 Å². The van der Waals surface area contributed by atoms with Crippen LogP contribution in [-0.4, -0.2) is 52.2 Å². The molecular formula is C30H29F3N2O4P+. The predicted octanol–water partition coefficient (Wildman–Crippen LogP) is 5.37. The average molecular weight is 585 g/mol. The van der Waals surface area contributed by atoms with Gasteiger partial charge in [0, 0.05) is 75.4 Å². The van der Waals surface area contributed by atoms with Crippen LogP contribution in [0.15, 0.2) is 47.3 Å². The van der Waals surface area contributed by atoms with E-state index in [-0.39, 0.29) is 9.48 Å². The van der Waals surface area contributed by atoms with Gasteiger partial charge in [0.25, 0.3) is 7.37 Å². The van der Waals surface area contributed by atoms with Crippen molar-refractivity contribution >= 4 is 35.6 Å². The highest BCUT2D eigenvalue weighted by Gasteiger charge is 2.43. The van der Waals surface area contributed by atoms with E-state index in [1.807, 2.05) is 0 Å². The minimum absolute atomic E-state index is 0.0291. The van der Waals surface area contributed by atoms with E-state index in [2.05, 4.69) is 0 Å². The van der Waals surface area contributed by atoms with E-state index in [0.717, 1.165) is 38.1 Å². The molecule has 0 radical (unpaired) electrons. The van der Waals surface area contributed by atoms with Crippen molar-refractivity contribution in [2.24, 2.45) is 5.89 Å². The maximum absolute atomic E-state index is 16.2. The van der Waals surface area contributed by atoms with E-state index in [9.17, 15) is 23.7 Å². The molecule has 40 heavy (non-hydrogen) atoms. The molecule has 3 aliphatic heterocycles. The third kappa shape index (κ3) is 4.01. The van der Waals surface area contributed by atoms with Crippen molar-refractivity contribution in [1.29, 1.82) is 0 Å². The summed E-state index contributed by atoms with van der Waals surface area (Å²) in [6.45, 7) is -12.0. The molecule has 2 saturated heterocycles. The molecule has 2 unspecified atom stereocenters. The van der Waals surface area contributed by atoms with Crippen molar-refractivity contribution < 1.29 is 57.7 Å². The number of hydrogen-bond acceptors (Lipinski definition) is 3. The van der Waals surface area contributed by atoms with Crippen LogP contribution in [0.3, 0.4) is 0 Å². The van der Waals surface area contributed by atoms with Crippen molar-refractivity contribution in [3.63, 3.8) is 0 Å². The van der Waals surface area contributed by atoms with E-state index in [1.165, 1.54) is 0 Å². The lowest BCUT2D eigenvalue weighted by Crippen LogP contribution is -2.27. The van der Waals surface area contributed by atoms with E-state index < -0.39 is 137 Å². The van der Waals surface area contributed by atoms with Crippen LogP contribution >= 0.6 is 7.37 Å². The molecule has 2 fully saturated rings. The summed E-state index contributed by atoms with van der Waals surface area (Å²) in [5.74, 6) is -10.6. The first kappa shape index (κ1) is 14.5. The van der Waals surface area contributed by atoms with Gasteiger partial charge in [-0.1, -0.05) is 13.0 Å². The van der Waals surface area contributed by atoms with Gasteiger partial charge in [-0.2, -0.15) is 0 Å². The van der Waals surface area contributed by atoms with Crippen molar-refractivity contribution in [2.45, 2.75) is 33.0 Å². The molecule has 1 aliphatic carbocycles. The maximum Gasteiger partial charge on any atom is 0.339 e.